The molecule has 2 N–H and O–H groups in total. The predicted octanol–water partition coefficient (Wildman–Crippen LogP) is 10.1. The molecule has 0 saturated carbocycles. The van der Waals surface area contributed by atoms with Crippen LogP contribution >= 0.6 is 35.1 Å². The monoisotopic (exact) mass is 1120 g/mol. The van der Waals surface area contributed by atoms with E-state index in [2.05, 4.69) is 15.4 Å². The summed E-state index contributed by atoms with van der Waals surface area (Å²) in [7, 11) is 0. The molecule has 4 unspecified atom stereocenters. The van der Waals surface area contributed by atoms with Gasteiger partial charge >= 0.3 is 18.3 Å². The van der Waals surface area contributed by atoms with Crippen molar-refractivity contribution in [3.05, 3.63) is 196 Å². The molecule has 0 radical (unpaired) electrons. The van der Waals surface area contributed by atoms with Gasteiger partial charge in [-0.25, -0.2) is 14.0 Å². The fourth-order valence-corrected chi connectivity index (χ4v) is 8.37. The molecule has 15 nitrogen and oxygen atoms in total. The molecule has 0 fully saturated rings. The Morgan fingerprint density at radius 3 is 1.60 bits per heavy atom. The number of nitrogens with one attached hydrogen (secondary N) is 2. The first-order valence-corrected chi connectivity index (χ1v) is 26.0. The van der Waals surface area contributed by atoms with Gasteiger partial charge in [0.15, 0.2) is 13.6 Å². The van der Waals surface area contributed by atoms with Crippen LogP contribution in [0.2, 0.25) is 5.02 Å². The zero-order chi connectivity index (χ0) is 55.6. The number of carbonyl (C=O) groups is 6. The standard InChI is InChI=1S/C28H26F3NO7S.C27H25ClFNO6S/c1-40-25(26(34)32-17-33)14-19-10-12-22(13-11-19)36-16-24(21-8-5-9-23(15-21)39-28(29,30)31)37-18-38-27(35)20-6-3-2-4-7-20;1-37-25(26(32)30-16-31)13-18-9-11-21(12-10-18)34-15-24(22-7-2-3-8-23(22)29)35-17-36-27(33)19-5-4-6-20(28)14-19/h2-13,15,17,24-25H,14,16,18H2,1H3,(H,32,33,34);2-12,14,16,24-25H,13,15,17H2,1H3,(H,30,31,32). The van der Waals surface area contributed by atoms with Gasteiger partial charge in [-0.05, 0) is 115 Å². The van der Waals surface area contributed by atoms with Gasteiger partial charge < -0.3 is 33.2 Å². The second-order valence-electron chi connectivity index (χ2n) is 15.9. The van der Waals surface area contributed by atoms with Crippen LogP contribution < -0.4 is 24.8 Å². The van der Waals surface area contributed by atoms with Gasteiger partial charge in [0.05, 0.1) is 21.6 Å². The molecule has 406 valence electrons. The third kappa shape index (κ3) is 20.9. The minimum Gasteiger partial charge on any atom is -0.491 e. The fourth-order valence-electron chi connectivity index (χ4n) is 6.90. The quantitative estimate of drug-likeness (QED) is 0.0214. The Bertz CT molecular complexity index is 2850. The molecule has 22 heteroatoms. The molecular weight excluding hydrogens is 1070 g/mol. The topological polar surface area (TPSA) is 191 Å². The van der Waals surface area contributed by atoms with Gasteiger partial charge in [0.2, 0.25) is 24.6 Å². The largest absolute Gasteiger partial charge is 0.573 e. The van der Waals surface area contributed by atoms with Crippen molar-refractivity contribution < 1.29 is 79.5 Å². The Balaban J connectivity index is 0.000000285. The van der Waals surface area contributed by atoms with Gasteiger partial charge in [0.1, 0.15) is 48.5 Å². The van der Waals surface area contributed by atoms with Crippen molar-refractivity contribution in [2.45, 2.75) is 41.9 Å². The maximum Gasteiger partial charge on any atom is 0.573 e. The first kappa shape index (κ1) is 60.4. The number of hydrogen-bond acceptors (Lipinski definition) is 15. The average Bonchev–Trinajstić information content (AvgIpc) is 3.42. The molecule has 0 saturated heterocycles. The first-order chi connectivity index (χ1) is 37.1. The van der Waals surface area contributed by atoms with Crippen molar-refractivity contribution in [2.75, 3.05) is 39.3 Å². The Kier molecular flexibility index (Phi) is 24.8. The number of rotatable bonds is 27. The van der Waals surface area contributed by atoms with Crippen molar-refractivity contribution in [3.8, 4) is 17.2 Å². The molecule has 0 aromatic heterocycles. The number of benzene rings is 6. The minimum absolute atomic E-state index is 0.0514. The van der Waals surface area contributed by atoms with E-state index in [1.54, 1.807) is 128 Å². The van der Waals surface area contributed by atoms with Gasteiger partial charge in [-0.1, -0.05) is 90.5 Å². The Morgan fingerprint density at radius 1 is 0.584 bits per heavy atom. The smallest absolute Gasteiger partial charge is 0.491 e. The highest BCUT2D eigenvalue weighted by Gasteiger charge is 2.31. The van der Waals surface area contributed by atoms with Crippen LogP contribution in [0.1, 0.15) is 55.2 Å². The Hall–Kier alpha value is -7.43. The zero-order valence-electron chi connectivity index (χ0n) is 41.2. The summed E-state index contributed by atoms with van der Waals surface area (Å²) in [6.07, 6.45) is -1.58. The van der Waals surface area contributed by atoms with Crippen LogP contribution in [-0.4, -0.2) is 92.7 Å². The van der Waals surface area contributed by atoms with Crippen LogP contribution in [0.3, 0.4) is 0 Å². The molecule has 6 rings (SSSR count). The number of amides is 4. The summed E-state index contributed by atoms with van der Waals surface area (Å²) < 4.78 is 90.0. The lowest BCUT2D eigenvalue weighted by Gasteiger charge is -2.20. The first-order valence-electron chi connectivity index (χ1n) is 23.0. The van der Waals surface area contributed by atoms with Crippen LogP contribution in [0.4, 0.5) is 17.6 Å². The van der Waals surface area contributed by atoms with Crippen LogP contribution in [-0.2, 0) is 51.0 Å². The highest BCUT2D eigenvalue weighted by atomic mass is 35.5. The second kappa shape index (κ2) is 31.6. The number of imide groups is 2. The SMILES string of the molecule is CSC(Cc1ccc(OCC(OCOC(=O)c2cccc(Cl)c2)c2ccccc2F)cc1)C(=O)NC=O.CSC(Cc1ccc(OCC(OCOC(=O)c2ccccc2)c2cccc(OC(F)(F)F)c2)cc1)C(=O)NC=O. The van der Waals surface area contributed by atoms with Gasteiger partial charge in [0, 0.05) is 10.6 Å². The number of thioether (sulfide) groups is 2. The van der Waals surface area contributed by atoms with E-state index >= 15 is 0 Å². The number of hydrogen-bond donors (Lipinski definition) is 2. The van der Waals surface area contributed by atoms with Crippen LogP contribution in [0, 0.1) is 5.82 Å². The molecule has 0 aliphatic heterocycles. The second-order valence-corrected chi connectivity index (χ2v) is 18.5. The fraction of sp³-hybridized carbons (Fsp3) is 0.236. The molecule has 0 aliphatic rings. The van der Waals surface area contributed by atoms with E-state index < -0.39 is 72.1 Å². The molecule has 0 heterocycles. The third-order valence-corrected chi connectivity index (χ3v) is 12.9. The Morgan fingerprint density at radius 2 is 1.08 bits per heavy atom. The highest BCUT2D eigenvalue weighted by molar-refractivity contribution is 8.00. The van der Waals surface area contributed by atoms with Crippen LogP contribution in [0.25, 0.3) is 0 Å². The van der Waals surface area contributed by atoms with Crippen LogP contribution in [0.15, 0.2) is 152 Å². The summed E-state index contributed by atoms with van der Waals surface area (Å²) >= 11 is 8.56. The number of alkyl halides is 3. The van der Waals surface area contributed by atoms with Gasteiger partial charge in [0.25, 0.3) is 0 Å². The minimum atomic E-state index is -4.87. The van der Waals surface area contributed by atoms with E-state index in [4.69, 9.17) is 40.0 Å². The number of esters is 2. The van der Waals surface area contributed by atoms with Gasteiger partial charge in [-0.3, -0.25) is 29.8 Å². The van der Waals surface area contributed by atoms with Crippen molar-refractivity contribution >= 4 is 71.7 Å². The average molecular weight is 1120 g/mol. The maximum atomic E-state index is 14.5. The van der Waals surface area contributed by atoms with E-state index in [-0.39, 0.29) is 30.2 Å². The molecule has 4 atom stereocenters. The summed E-state index contributed by atoms with van der Waals surface area (Å²) in [6.45, 7) is -1.09. The summed E-state index contributed by atoms with van der Waals surface area (Å²) in [4.78, 5) is 69.5. The third-order valence-electron chi connectivity index (χ3n) is 10.8. The van der Waals surface area contributed by atoms with E-state index in [0.717, 1.165) is 23.3 Å². The molecule has 0 bridgehead atoms. The number of halogens is 5. The molecule has 77 heavy (non-hydrogen) atoms. The zero-order valence-corrected chi connectivity index (χ0v) is 43.5. The molecule has 6 aromatic rings. The lowest BCUT2D eigenvalue weighted by atomic mass is 10.1. The van der Waals surface area contributed by atoms with Crippen molar-refractivity contribution in [3.63, 3.8) is 0 Å². The molecule has 4 amide bonds. The van der Waals surface area contributed by atoms with Crippen molar-refractivity contribution in [1.29, 1.82) is 0 Å². The summed E-state index contributed by atoms with van der Waals surface area (Å²) in [5, 5.41) is 3.84. The highest BCUT2D eigenvalue weighted by Crippen LogP contribution is 2.29. The van der Waals surface area contributed by atoms with E-state index in [1.807, 2.05) is 0 Å². The van der Waals surface area contributed by atoms with Crippen LogP contribution in [0.5, 0.6) is 17.2 Å². The summed E-state index contributed by atoms with van der Waals surface area (Å²) in [5.74, 6) is -2.00. The maximum absolute atomic E-state index is 14.5. The molecule has 6 aromatic carbocycles. The lowest BCUT2D eigenvalue weighted by Crippen LogP contribution is -2.32. The molecule has 0 aliphatic carbocycles. The molecule has 0 spiro atoms. The molecular formula is C55H51ClF4N2O13S2. The van der Waals surface area contributed by atoms with E-state index in [1.165, 1.54) is 47.8 Å². The van der Waals surface area contributed by atoms with E-state index in [0.29, 0.717) is 53.3 Å². The van der Waals surface area contributed by atoms with Gasteiger partial charge in [-0.2, -0.15) is 23.5 Å². The lowest BCUT2D eigenvalue weighted by molar-refractivity contribution is -0.274. The van der Waals surface area contributed by atoms with Crippen molar-refractivity contribution in [1.82, 2.24) is 10.6 Å². The Labute approximate surface area is 454 Å². The number of carbonyl (C=O) groups excluding carboxylic acids is 6. The number of ether oxygens (including phenoxy) is 7. The van der Waals surface area contributed by atoms with Crippen molar-refractivity contribution in [2.24, 2.45) is 0 Å². The summed E-state index contributed by atoms with van der Waals surface area (Å²) in [6, 6.07) is 39.8. The summed E-state index contributed by atoms with van der Waals surface area (Å²) in [5.41, 5.74) is 2.84. The van der Waals surface area contributed by atoms with Gasteiger partial charge in [-0.15, -0.1) is 13.2 Å². The normalized spacial score (nSPS) is 12.5. The predicted molar refractivity (Wildman–Crippen MR) is 280 cm³/mol. The van der Waals surface area contributed by atoms with E-state index in [9.17, 15) is 46.3 Å².